The fraction of sp³-hybridized carbons (Fsp3) is 0.207. The van der Waals surface area contributed by atoms with Gasteiger partial charge in [0.2, 0.25) is 5.82 Å². The van der Waals surface area contributed by atoms with E-state index < -0.39 is 0 Å². The zero-order valence-electron chi connectivity index (χ0n) is 21.8. The zero-order chi connectivity index (χ0) is 26.2. The number of pyridine rings is 1. The molecule has 0 saturated carbocycles. The molecule has 4 aromatic heterocycles. The molecule has 0 radical (unpaired) electrons. The van der Waals surface area contributed by atoms with Crippen molar-refractivity contribution in [3.05, 3.63) is 89.4 Å². The van der Waals surface area contributed by atoms with E-state index >= 15 is 0 Å². The Morgan fingerprint density at radius 2 is 1.66 bits per heavy atom. The maximum absolute atomic E-state index is 4.84. The third-order valence-electron chi connectivity index (χ3n) is 6.69. The number of benzene rings is 2. The van der Waals surface area contributed by atoms with Gasteiger partial charge >= 0.3 is 0 Å². The molecule has 6 rings (SSSR count). The number of H-pyrrole nitrogens is 1. The van der Waals surface area contributed by atoms with Crippen molar-refractivity contribution in [3.63, 3.8) is 0 Å². The minimum Gasteiger partial charge on any atom is -0.305 e. The van der Waals surface area contributed by atoms with Crippen LogP contribution in [-0.4, -0.2) is 45.1 Å². The van der Waals surface area contributed by atoms with Crippen molar-refractivity contribution in [1.29, 1.82) is 0 Å². The van der Waals surface area contributed by atoms with Gasteiger partial charge in [-0.15, -0.1) is 10.2 Å². The summed E-state index contributed by atoms with van der Waals surface area (Å²) in [4.78, 5) is 19.1. The van der Waals surface area contributed by atoms with Crippen molar-refractivity contribution >= 4 is 11.2 Å². The number of hydrogen-bond donors (Lipinski definition) is 1. The molecule has 9 nitrogen and oxygen atoms in total. The molecule has 0 atom stereocenters. The quantitative estimate of drug-likeness (QED) is 0.331. The predicted octanol–water partition coefficient (Wildman–Crippen LogP) is 5.27. The first-order valence-electron chi connectivity index (χ1n) is 12.6. The number of aromatic amines is 1. The fourth-order valence-electron chi connectivity index (χ4n) is 4.86. The Bertz CT molecular complexity index is 1750. The predicted molar refractivity (Wildman–Crippen MR) is 146 cm³/mol. The number of aryl methyl sites for hydroxylation is 4. The minimum absolute atomic E-state index is 0.497. The van der Waals surface area contributed by atoms with Crippen molar-refractivity contribution in [2.24, 2.45) is 0 Å². The molecule has 0 aliphatic rings. The summed E-state index contributed by atoms with van der Waals surface area (Å²) in [7, 11) is 0. The second-order valence-corrected chi connectivity index (χ2v) is 9.47. The molecule has 0 amide bonds. The lowest BCUT2D eigenvalue weighted by Crippen LogP contribution is -2.08. The van der Waals surface area contributed by atoms with Crippen molar-refractivity contribution in [1.82, 2.24) is 45.1 Å². The van der Waals surface area contributed by atoms with E-state index in [4.69, 9.17) is 19.9 Å². The average Bonchev–Trinajstić information content (AvgIpc) is 3.58. The first-order chi connectivity index (χ1) is 18.5. The van der Waals surface area contributed by atoms with Gasteiger partial charge in [-0.25, -0.2) is 19.9 Å². The van der Waals surface area contributed by atoms with Crippen LogP contribution in [0.1, 0.15) is 35.4 Å². The number of fused-ring (bicyclic) bond motifs is 1. The second kappa shape index (κ2) is 9.59. The summed E-state index contributed by atoms with van der Waals surface area (Å²) >= 11 is 0. The first kappa shape index (κ1) is 23.6. The summed E-state index contributed by atoms with van der Waals surface area (Å²) in [6.45, 7) is 8.77. The summed E-state index contributed by atoms with van der Waals surface area (Å²) in [5.74, 6) is 2.19. The van der Waals surface area contributed by atoms with Crippen molar-refractivity contribution in [2.75, 3.05) is 0 Å². The highest BCUT2D eigenvalue weighted by Crippen LogP contribution is 2.34. The van der Waals surface area contributed by atoms with E-state index in [2.05, 4.69) is 88.4 Å². The lowest BCUT2D eigenvalue weighted by atomic mass is 9.95. The number of nitrogens with one attached hydrogen (secondary N) is 1. The van der Waals surface area contributed by atoms with Gasteiger partial charge in [-0.05, 0) is 66.4 Å². The van der Waals surface area contributed by atoms with E-state index in [1.807, 2.05) is 25.4 Å². The van der Waals surface area contributed by atoms with Gasteiger partial charge in [0.1, 0.15) is 17.2 Å². The van der Waals surface area contributed by atoms with E-state index in [0.717, 1.165) is 62.5 Å². The Morgan fingerprint density at radius 1 is 0.842 bits per heavy atom. The third kappa shape index (κ3) is 4.32. The van der Waals surface area contributed by atoms with Gasteiger partial charge in [0, 0.05) is 35.6 Å². The molecule has 0 aliphatic heterocycles. The Balaban J connectivity index is 1.40. The highest BCUT2D eigenvalue weighted by Gasteiger charge is 2.17. The largest absolute Gasteiger partial charge is 0.305 e. The highest BCUT2D eigenvalue weighted by atomic mass is 15.5. The molecule has 9 heteroatoms. The third-order valence-corrected chi connectivity index (χ3v) is 6.69. The molecule has 0 unspecified atom stereocenters. The molecule has 0 saturated heterocycles. The van der Waals surface area contributed by atoms with E-state index in [1.165, 1.54) is 5.56 Å². The van der Waals surface area contributed by atoms with Gasteiger partial charge < -0.3 is 4.57 Å². The lowest BCUT2D eigenvalue weighted by Gasteiger charge is -2.12. The molecule has 1 N–H and O–H groups in total. The molecule has 188 valence electrons. The van der Waals surface area contributed by atoms with Gasteiger partial charge in [-0.1, -0.05) is 42.8 Å². The van der Waals surface area contributed by atoms with Crippen LogP contribution in [0.15, 0.2) is 60.9 Å². The molecular weight excluding hydrogens is 474 g/mol. The Labute approximate surface area is 220 Å². The van der Waals surface area contributed by atoms with Crippen LogP contribution in [0, 0.1) is 20.8 Å². The average molecular weight is 502 g/mol. The van der Waals surface area contributed by atoms with Gasteiger partial charge in [0.25, 0.3) is 0 Å². The number of hydrogen-bond acceptors (Lipinski definition) is 7. The molecule has 0 bridgehead atoms. The summed E-state index contributed by atoms with van der Waals surface area (Å²) in [5.41, 5.74) is 10.0. The molecule has 2 aromatic carbocycles. The summed E-state index contributed by atoms with van der Waals surface area (Å²) < 4.78 is 2.12. The maximum atomic E-state index is 4.84. The number of tetrazole rings is 1. The van der Waals surface area contributed by atoms with Crippen LogP contribution in [0.4, 0.5) is 0 Å². The van der Waals surface area contributed by atoms with Gasteiger partial charge in [0.05, 0.1) is 6.54 Å². The Morgan fingerprint density at radius 3 is 2.39 bits per heavy atom. The van der Waals surface area contributed by atoms with Crippen LogP contribution in [0.5, 0.6) is 0 Å². The van der Waals surface area contributed by atoms with Crippen LogP contribution < -0.4 is 0 Å². The van der Waals surface area contributed by atoms with E-state index in [0.29, 0.717) is 18.2 Å². The molecule has 0 fully saturated rings. The molecule has 6 aromatic rings. The maximum Gasteiger partial charge on any atom is 0.205 e. The lowest BCUT2D eigenvalue weighted by molar-refractivity contribution is 0.708. The summed E-state index contributed by atoms with van der Waals surface area (Å²) in [5, 5.41) is 14.7. The number of nitrogens with zero attached hydrogens (tertiary/aromatic N) is 8. The minimum atomic E-state index is 0.497. The van der Waals surface area contributed by atoms with Crippen LogP contribution in [0.2, 0.25) is 0 Å². The van der Waals surface area contributed by atoms with Gasteiger partial charge in [0.15, 0.2) is 5.65 Å². The zero-order valence-corrected chi connectivity index (χ0v) is 21.8. The fourth-order valence-corrected chi connectivity index (χ4v) is 4.86. The second-order valence-electron chi connectivity index (χ2n) is 9.47. The summed E-state index contributed by atoms with van der Waals surface area (Å²) in [6, 6.07) is 16.7. The standard InChI is InChI=1S/C29H27N9/c1-5-26-33-27-18(3)12-19(4)32-29(27)38(26)16-25-30-14-22(15-31-25)24-13-21(20-8-6-7-17(2)11-20)9-10-23(24)28-34-36-37-35-28/h6-15H,5,16H2,1-4H3,(H,34,35,36,37). The molecular formula is C29H27N9. The van der Waals surface area contributed by atoms with E-state index in [-0.39, 0.29) is 0 Å². The number of imidazole rings is 1. The summed E-state index contributed by atoms with van der Waals surface area (Å²) in [6.07, 6.45) is 4.51. The van der Waals surface area contributed by atoms with Crippen LogP contribution in [0.3, 0.4) is 0 Å². The Hall–Kier alpha value is -4.79. The van der Waals surface area contributed by atoms with Crippen LogP contribution in [-0.2, 0) is 13.0 Å². The highest BCUT2D eigenvalue weighted by molar-refractivity contribution is 5.84. The molecule has 38 heavy (non-hydrogen) atoms. The van der Waals surface area contributed by atoms with Crippen molar-refractivity contribution in [2.45, 2.75) is 40.7 Å². The molecule has 0 spiro atoms. The van der Waals surface area contributed by atoms with Crippen LogP contribution >= 0.6 is 0 Å². The topological polar surface area (TPSA) is 111 Å². The van der Waals surface area contributed by atoms with Crippen molar-refractivity contribution in [3.8, 4) is 33.6 Å². The smallest absolute Gasteiger partial charge is 0.205 e. The number of rotatable bonds is 6. The van der Waals surface area contributed by atoms with Gasteiger partial charge in [-0.3, -0.25) is 0 Å². The van der Waals surface area contributed by atoms with Gasteiger partial charge in [-0.2, -0.15) is 5.21 Å². The normalized spacial score (nSPS) is 11.4. The van der Waals surface area contributed by atoms with Crippen molar-refractivity contribution < 1.29 is 0 Å². The van der Waals surface area contributed by atoms with E-state index in [1.54, 1.807) is 0 Å². The number of aromatic nitrogens is 9. The SMILES string of the molecule is CCc1nc2c(C)cc(C)nc2n1Cc1ncc(-c2cc(-c3cccc(C)c3)ccc2-c2nn[nH]n2)cn1. The Kier molecular flexibility index (Phi) is 5.95. The molecule has 4 heterocycles. The molecule has 0 aliphatic carbocycles. The van der Waals surface area contributed by atoms with Crippen LogP contribution in [0.25, 0.3) is 44.8 Å². The van der Waals surface area contributed by atoms with E-state index in [9.17, 15) is 0 Å². The first-order valence-corrected chi connectivity index (χ1v) is 12.6. The monoisotopic (exact) mass is 501 g/mol.